The minimum atomic E-state index is 0.543. The number of rotatable bonds is 37. The van der Waals surface area contributed by atoms with Crippen molar-refractivity contribution >= 4 is 22.6 Å². The van der Waals surface area contributed by atoms with E-state index < -0.39 is 0 Å². The molecule has 9 nitrogen and oxygen atoms in total. The maximum atomic E-state index is 5.58. The van der Waals surface area contributed by atoms with Crippen LogP contribution < -0.4 is 0 Å². The van der Waals surface area contributed by atoms with Gasteiger partial charge in [-0.1, -0.05) is 74.5 Å². The van der Waals surface area contributed by atoms with E-state index >= 15 is 0 Å². The summed E-state index contributed by atoms with van der Waals surface area (Å²) in [5, 5.41) is 0. The smallest absolute Gasteiger partial charge is 0.0701 e. The monoisotopic (exact) mass is 692 g/mol. The lowest BCUT2D eigenvalue weighted by Crippen LogP contribution is -2.15. The minimum absolute atomic E-state index is 0.543. The molecule has 0 aromatic carbocycles. The zero-order chi connectivity index (χ0) is 28.9. The molecule has 40 heavy (non-hydrogen) atoms. The van der Waals surface area contributed by atoms with E-state index in [1.807, 2.05) is 0 Å². The lowest BCUT2D eigenvalue weighted by atomic mass is 10.1. The Morgan fingerprint density at radius 2 is 0.500 bits per heavy atom. The molecule has 0 aliphatic heterocycles. The quantitative estimate of drug-likeness (QED) is 0.0477. The van der Waals surface area contributed by atoms with Gasteiger partial charge in [0, 0.05) is 13.2 Å². The SMILES string of the molecule is CCCCCCCCOCCOCCOCCOCCOCCOCCOCCOCCOCCCCCCI. The highest BCUT2D eigenvalue weighted by Crippen LogP contribution is 2.05. The van der Waals surface area contributed by atoms with Gasteiger partial charge in [0.1, 0.15) is 0 Å². The highest BCUT2D eigenvalue weighted by molar-refractivity contribution is 14.1. The maximum Gasteiger partial charge on any atom is 0.0701 e. The molecule has 10 heteroatoms. The van der Waals surface area contributed by atoms with Crippen LogP contribution in [0.25, 0.3) is 0 Å². The van der Waals surface area contributed by atoms with Crippen molar-refractivity contribution in [1.29, 1.82) is 0 Å². The molecule has 0 saturated heterocycles. The molecule has 0 atom stereocenters. The van der Waals surface area contributed by atoms with Crippen molar-refractivity contribution in [2.75, 3.05) is 123 Å². The molecule has 0 heterocycles. The fraction of sp³-hybridized carbons (Fsp3) is 1.00. The highest BCUT2D eigenvalue weighted by atomic mass is 127. The van der Waals surface area contributed by atoms with Gasteiger partial charge in [0.05, 0.1) is 106 Å². The fourth-order valence-electron chi connectivity index (χ4n) is 3.50. The molecule has 0 N–H and O–H groups in total. The van der Waals surface area contributed by atoms with Crippen LogP contribution in [-0.4, -0.2) is 123 Å². The molecule has 0 aromatic heterocycles. The first-order valence-electron chi connectivity index (χ1n) is 15.7. The summed E-state index contributed by atoms with van der Waals surface area (Å²) in [5.74, 6) is 0. The molecule has 0 rings (SSSR count). The highest BCUT2D eigenvalue weighted by Gasteiger charge is 1.96. The topological polar surface area (TPSA) is 83.1 Å². The summed E-state index contributed by atoms with van der Waals surface area (Å²) in [7, 11) is 0. The van der Waals surface area contributed by atoms with Crippen LogP contribution in [0.3, 0.4) is 0 Å². The Morgan fingerprint density at radius 1 is 0.275 bits per heavy atom. The lowest BCUT2D eigenvalue weighted by Gasteiger charge is -2.09. The van der Waals surface area contributed by atoms with Gasteiger partial charge < -0.3 is 42.6 Å². The van der Waals surface area contributed by atoms with Crippen LogP contribution in [0.15, 0.2) is 0 Å². The van der Waals surface area contributed by atoms with E-state index in [9.17, 15) is 0 Å². The summed E-state index contributed by atoms with van der Waals surface area (Å²) in [6.45, 7) is 13.1. The first kappa shape index (κ1) is 40.4. The molecule has 0 aliphatic carbocycles. The third-order valence-corrected chi connectivity index (χ3v) is 6.55. The molecule has 0 aromatic rings. The first-order valence-corrected chi connectivity index (χ1v) is 17.2. The molecule has 0 bridgehead atoms. The van der Waals surface area contributed by atoms with Crippen LogP contribution in [-0.2, 0) is 42.6 Å². The van der Waals surface area contributed by atoms with Crippen molar-refractivity contribution in [3.05, 3.63) is 0 Å². The van der Waals surface area contributed by atoms with Crippen LogP contribution in [0.2, 0.25) is 0 Å². The summed E-state index contributed by atoms with van der Waals surface area (Å²) in [6.07, 6.45) is 12.7. The van der Waals surface area contributed by atoms with Crippen molar-refractivity contribution in [2.24, 2.45) is 0 Å². The maximum absolute atomic E-state index is 5.58. The first-order chi connectivity index (χ1) is 19.9. The fourth-order valence-corrected chi connectivity index (χ4v) is 4.04. The van der Waals surface area contributed by atoms with Crippen LogP contribution >= 0.6 is 22.6 Å². The van der Waals surface area contributed by atoms with Gasteiger partial charge in [0.15, 0.2) is 0 Å². The molecule has 0 aliphatic rings. The normalized spacial score (nSPS) is 11.6. The number of ether oxygens (including phenoxy) is 9. The van der Waals surface area contributed by atoms with E-state index in [1.54, 1.807) is 0 Å². The number of alkyl halides is 1. The zero-order valence-corrected chi connectivity index (χ0v) is 27.7. The Bertz CT molecular complexity index is 398. The summed E-state index contributed by atoms with van der Waals surface area (Å²) < 4.78 is 50.8. The van der Waals surface area contributed by atoms with E-state index in [2.05, 4.69) is 29.5 Å². The second-order valence-electron chi connectivity index (χ2n) is 9.38. The van der Waals surface area contributed by atoms with Gasteiger partial charge in [-0.25, -0.2) is 0 Å². The van der Waals surface area contributed by atoms with Gasteiger partial charge in [-0.2, -0.15) is 0 Å². The molecule has 0 amide bonds. The van der Waals surface area contributed by atoms with Crippen molar-refractivity contribution < 1.29 is 42.6 Å². The summed E-state index contributed by atoms with van der Waals surface area (Å²) in [5.41, 5.74) is 0. The third kappa shape index (κ3) is 38.4. The standard InChI is InChI=1S/C30H61IO9/c1-2-3-4-5-7-10-13-32-15-17-34-19-21-36-23-25-38-27-29-40-30-28-39-26-24-37-22-20-35-18-16-33-14-11-8-6-9-12-31/h2-30H2,1H3. The molecule has 0 fully saturated rings. The van der Waals surface area contributed by atoms with E-state index in [4.69, 9.17) is 42.6 Å². The summed E-state index contributed by atoms with van der Waals surface area (Å²) in [6, 6.07) is 0. The summed E-state index contributed by atoms with van der Waals surface area (Å²) >= 11 is 2.42. The summed E-state index contributed by atoms with van der Waals surface area (Å²) in [4.78, 5) is 0. The molecular weight excluding hydrogens is 631 g/mol. The number of hydrogen-bond acceptors (Lipinski definition) is 9. The lowest BCUT2D eigenvalue weighted by molar-refractivity contribution is -0.0250. The molecule has 0 unspecified atom stereocenters. The second kappa shape index (κ2) is 39.4. The molecule has 242 valence electrons. The average Bonchev–Trinajstić information content (AvgIpc) is 2.97. The average molecular weight is 693 g/mol. The van der Waals surface area contributed by atoms with Gasteiger partial charge in [0.2, 0.25) is 0 Å². The Balaban J connectivity index is 3.01. The Kier molecular flexibility index (Phi) is 39.7. The predicted molar refractivity (Wildman–Crippen MR) is 168 cm³/mol. The van der Waals surface area contributed by atoms with Crippen molar-refractivity contribution in [1.82, 2.24) is 0 Å². The van der Waals surface area contributed by atoms with Gasteiger partial charge >= 0.3 is 0 Å². The van der Waals surface area contributed by atoms with Gasteiger partial charge in [-0.15, -0.1) is 0 Å². The van der Waals surface area contributed by atoms with Crippen LogP contribution in [0, 0.1) is 0 Å². The molecular formula is C30H61IO9. The van der Waals surface area contributed by atoms with E-state index in [0.717, 1.165) is 26.1 Å². The van der Waals surface area contributed by atoms with Crippen molar-refractivity contribution in [2.45, 2.75) is 71.1 Å². The van der Waals surface area contributed by atoms with Crippen LogP contribution in [0.5, 0.6) is 0 Å². The van der Waals surface area contributed by atoms with E-state index in [1.165, 1.54) is 55.8 Å². The Labute approximate surface area is 259 Å². The molecule has 0 saturated carbocycles. The van der Waals surface area contributed by atoms with Crippen LogP contribution in [0.1, 0.15) is 71.1 Å². The van der Waals surface area contributed by atoms with Gasteiger partial charge in [0.25, 0.3) is 0 Å². The van der Waals surface area contributed by atoms with Gasteiger partial charge in [-0.05, 0) is 23.7 Å². The van der Waals surface area contributed by atoms with Gasteiger partial charge in [-0.3, -0.25) is 0 Å². The Hall–Kier alpha value is 0.370. The van der Waals surface area contributed by atoms with E-state index in [-0.39, 0.29) is 0 Å². The van der Waals surface area contributed by atoms with Crippen molar-refractivity contribution in [3.8, 4) is 0 Å². The van der Waals surface area contributed by atoms with E-state index in [0.29, 0.717) is 106 Å². The minimum Gasteiger partial charge on any atom is -0.379 e. The third-order valence-electron chi connectivity index (χ3n) is 5.79. The van der Waals surface area contributed by atoms with Crippen LogP contribution in [0.4, 0.5) is 0 Å². The van der Waals surface area contributed by atoms with Crippen molar-refractivity contribution in [3.63, 3.8) is 0 Å². The molecule has 0 spiro atoms. The predicted octanol–water partition coefficient (Wildman–Crippen LogP) is 5.49. The molecule has 0 radical (unpaired) electrons. The zero-order valence-electron chi connectivity index (χ0n) is 25.6. The number of hydrogen-bond donors (Lipinski definition) is 0. The second-order valence-corrected chi connectivity index (χ2v) is 10.5. The largest absolute Gasteiger partial charge is 0.379 e. The Morgan fingerprint density at radius 3 is 0.775 bits per heavy atom. The number of halogens is 1. The number of unbranched alkanes of at least 4 members (excludes halogenated alkanes) is 8.